The van der Waals surface area contributed by atoms with Crippen LogP contribution in [0.5, 0.6) is 5.75 Å². The zero-order valence-electron chi connectivity index (χ0n) is 11.2. The molecule has 0 saturated carbocycles. The molecule has 4 nitrogen and oxygen atoms in total. The number of aromatic nitrogens is 1. The Balaban J connectivity index is 1.91. The summed E-state index contributed by atoms with van der Waals surface area (Å²) in [6, 6.07) is 9.75. The fourth-order valence-electron chi connectivity index (χ4n) is 1.58. The van der Waals surface area contributed by atoms with Crippen molar-refractivity contribution in [1.82, 2.24) is 10.3 Å². The number of para-hydroxylation sites is 1. The molecule has 0 fully saturated rings. The SMILES string of the molecule is C[C@H](CO)NC(COc1ccccc1)Sc1cncs1. The lowest BCUT2D eigenvalue weighted by molar-refractivity contribution is 0.233. The number of ether oxygens (including phenoxy) is 1. The van der Waals surface area contributed by atoms with E-state index in [1.54, 1.807) is 23.1 Å². The number of rotatable bonds is 8. The van der Waals surface area contributed by atoms with Crippen molar-refractivity contribution in [3.63, 3.8) is 0 Å². The van der Waals surface area contributed by atoms with E-state index < -0.39 is 0 Å². The molecule has 108 valence electrons. The van der Waals surface area contributed by atoms with Gasteiger partial charge in [-0.1, -0.05) is 30.0 Å². The van der Waals surface area contributed by atoms with Gasteiger partial charge in [-0.25, -0.2) is 0 Å². The quantitative estimate of drug-likeness (QED) is 0.580. The van der Waals surface area contributed by atoms with Crippen LogP contribution >= 0.6 is 23.1 Å². The molecule has 2 atom stereocenters. The van der Waals surface area contributed by atoms with Crippen LogP contribution in [0.4, 0.5) is 0 Å². The number of aliphatic hydroxyl groups is 1. The number of hydrogen-bond acceptors (Lipinski definition) is 6. The number of thiazole rings is 1. The lowest BCUT2D eigenvalue weighted by Crippen LogP contribution is -2.40. The first kappa shape index (κ1) is 15.3. The Morgan fingerprint density at radius 2 is 2.20 bits per heavy atom. The molecule has 0 aliphatic carbocycles. The van der Waals surface area contributed by atoms with Crippen LogP contribution in [0.25, 0.3) is 0 Å². The summed E-state index contributed by atoms with van der Waals surface area (Å²) in [5.41, 5.74) is 1.81. The van der Waals surface area contributed by atoms with Gasteiger partial charge in [-0.2, -0.15) is 0 Å². The van der Waals surface area contributed by atoms with Crippen LogP contribution in [0, 0.1) is 0 Å². The number of nitrogens with zero attached hydrogens (tertiary/aromatic N) is 1. The first-order valence-electron chi connectivity index (χ1n) is 6.38. The van der Waals surface area contributed by atoms with Gasteiger partial charge in [-0.3, -0.25) is 10.3 Å². The number of thioether (sulfide) groups is 1. The molecule has 20 heavy (non-hydrogen) atoms. The molecule has 0 radical (unpaired) electrons. The summed E-state index contributed by atoms with van der Waals surface area (Å²) in [6.07, 6.45) is 1.84. The van der Waals surface area contributed by atoms with E-state index in [1.165, 1.54) is 0 Å². The second kappa shape index (κ2) is 8.26. The van der Waals surface area contributed by atoms with Gasteiger partial charge in [0.2, 0.25) is 0 Å². The zero-order valence-corrected chi connectivity index (χ0v) is 12.9. The molecule has 0 saturated heterocycles. The van der Waals surface area contributed by atoms with Gasteiger partial charge in [0.15, 0.2) is 0 Å². The largest absolute Gasteiger partial charge is 0.491 e. The van der Waals surface area contributed by atoms with Crippen LogP contribution in [-0.2, 0) is 0 Å². The van der Waals surface area contributed by atoms with E-state index in [1.807, 2.05) is 49.0 Å². The fraction of sp³-hybridized carbons (Fsp3) is 0.357. The van der Waals surface area contributed by atoms with Gasteiger partial charge in [-0.05, 0) is 19.1 Å². The highest BCUT2D eigenvalue weighted by Gasteiger charge is 2.15. The highest BCUT2D eigenvalue weighted by atomic mass is 32.2. The van der Waals surface area contributed by atoms with Crippen LogP contribution in [0.3, 0.4) is 0 Å². The summed E-state index contributed by atoms with van der Waals surface area (Å²) in [4.78, 5) is 4.07. The Bertz CT molecular complexity index is 479. The fourth-order valence-corrected chi connectivity index (χ4v) is 3.46. The molecule has 1 heterocycles. The number of aliphatic hydroxyl groups excluding tert-OH is 1. The molecular weight excluding hydrogens is 292 g/mol. The third kappa shape index (κ3) is 5.13. The average molecular weight is 310 g/mol. The molecule has 2 rings (SSSR count). The van der Waals surface area contributed by atoms with Crippen molar-refractivity contribution in [2.45, 2.75) is 22.5 Å². The predicted octanol–water partition coefficient (Wildman–Crippen LogP) is 2.61. The highest BCUT2D eigenvalue weighted by molar-refractivity contribution is 8.01. The maximum Gasteiger partial charge on any atom is 0.119 e. The molecule has 0 spiro atoms. The van der Waals surface area contributed by atoms with Crippen molar-refractivity contribution in [2.24, 2.45) is 0 Å². The molecular formula is C14H18N2O2S2. The third-order valence-electron chi connectivity index (χ3n) is 2.56. The summed E-state index contributed by atoms with van der Waals surface area (Å²) in [6.45, 7) is 2.57. The monoisotopic (exact) mass is 310 g/mol. The Morgan fingerprint density at radius 3 is 2.85 bits per heavy atom. The maximum absolute atomic E-state index is 9.17. The van der Waals surface area contributed by atoms with E-state index in [0.29, 0.717) is 6.61 Å². The molecule has 2 N–H and O–H groups in total. The van der Waals surface area contributed by atoms with E-state index in [4.69, 9.17) is 4.74 Å². The number of benzene rings is 1. The minimum absolute atomic E-state index is 0.0276. The molecule has 2 aromatic rings. The van der Waals surface area contributed by atoms with Crippen molar-refractivity contribution < 1.29 is 9.84 Å². The zero-order chi connectivity index (χ0) is 14.2. The molecule has 0 amide bonds. The van der Waals surface area contributed by atoms with E-state index in [2.05, 4.69) is 10.3 Å². The van der Waals surface area contributed by atoms with Gasteiger partial charge in [0.05, 0.1) is 27.9 Å². The summed E-state index contributed by atoms with van der Waals surface area (Å²) in [5, 5.41) is 12.6. The van der Waals surface area contributed by atoms with E-state index in [0.717, 1.165) is 9.96 Å². The van der Waals surface area contributed by atoms with Gasteiger partial charge >= 0.3 is 0 Å². The standard InChI is InChI=1S/C14H18N2O2S2/c1-11(8-17)16-13(20-14-7-15-10-19-14)9-18-12-5-3-2-4-6-12/h2-7,10-11,13,16-17H,8-9H2,1H3/t11-,13?/m1/s1. The van der Waals surface area contributed by atoms with Crippen LogP contribution < -0.4 is 10.1 Å². The normalized spacial score (nSPS) is 13.9. The van der Waals surface area contributed by atoms with E-state index in [-0.39, 0.29) is 18.0 Å². The lowest BCUT2D eigenvalue weighted by atomic mass is 10.3. The molecule has 0 aliphatic heterocycles. The van der Waals surface area contributed by atoms with Crippen LogP contribution in [-0.4, -0.2) is 34.7 Å². The van der Waals surface area contributed by atoms with Crippen molar-refractivity contribution in [3.8, 4) is 5.75 Å². The van der Waals surface area contributed by atoms with Gasteiger partial charge in [0.25, 0.3) is 0 Å². The summed E-state index contributed by atoms with van der Waals surface area (Å²) < 4.78 is 6.91. The van der Waals surface area contributed by atoms with Crippen LogP contribution in [0.2, 0.25) is 0 Å². The lowest BCUT2D eigenvalue weighted by Gasteiger charge is -2.21. The smallest absolute Gasteiger partial charge is 0.119 e. The van der Waals surface area contributed by atoms with Gasteiger partial charge in [-0.15, -0.1) is 11.3 Å². The second-order valence-corrected chi connectivity index (χ2v) is 6.69. The molecule has 1 aromatic carbocycles. The van der Waals surface area contributed by atoms with Crippen LogP contribution in [0.1, 0.15) is 6.92 Å². The van der Waals surface area contributed by atoms with Crippen LogP contribution in [0.15, 0.2) is 46.2 Å². The average Bonchev–Trinajstić information content (AvgIpc) is 2.98. The van der Waals surface area contributed by atoms with Crippen molar-refractivity contribution in [1.29, 1.82) is 0 Å². The van der Waals surface area contributed by atoms with Gasteiger partial charge in [0.1, 0.15) is 12.4 Å². The number of hydrogen-bond donors (Lipinski definition) is 2. The molecule has 1 unspecified atom stereocenters. The Hall–Kier alpha value is -1.08. The number of nitrogens with one attached hydrogen (secondary N) is 1. The summed E-state index contributed by atoms with van der Waals surface area (Å²) in [7, 11) is 0. The summed E-state index contributed by atoms with van der Waals surface area (Å²) >= 11 is 3.27. The Morgan fingerprint density at radius 1 is 1.40 bits per heavy atom. The van der Waals surface area contributed by atoms with E-state index in [9.17, 15) is 5.11 Å². The Kier molecular flexibility index (Phi) is 6.32. The maximum atomic E-state index is 9.17. The minimum Gasteiger partial charge on any atom is -0.491 e. The minimum atomic E-state index is 0.0276. The molecule has 1 aromatic heterocycles. The third-order valence-corrected chi connectivity index (χ3v) is 4.59. The Labute approximate surface area is 127 Å². The van der Waals surface area contributed by atoms with E-state index >= 15 is 0 Å². The first-order valence-corrected chi connectivity index (χ1v) is 8.13. The van der Waals surface area contributed by atoms with Crippen molar-refractivity contribution >= 4 is 23.1 Å². The molecule has 0 aliphatic rings. The van der Waals surface area contributed by atoms with Crippen molar-refractivity contribution in [3.05, 3.63) is 42.0 Å². The predicted molar refractivity (Wildman–Crippen MR) is 83.4 cm³/mol. The molecule has 0 bridgehead atoms. The molecule has 6 heteroatoms. The van der Waals surface area contributed by atoms with Crippen molar-refractivity contribution in [2.75, 3.05) is 13.2 Å². The topological polar surface area (TPSA) is 54.4 Å². The van der Waals surface area contributed by atoms with Gasteiger partial charge < -0.3 is 9.84 Å². The highest BCUT2D eigenvalue weighted by Crippen LogP contribution is 2.26. The first-order chi connectivity index (χ1) is 9.78. The van der Waals surface area contributed by atoms with Gasteiger partial charge in [0, 0.05) is 6.04 Å². The second-order valence-electron chi connectivity index (χ2n) is 4.30. The summed E-state index contributed by atoms with van der Waals surface area (Å²) in [5.74, 6) is 0.848.